The highest BCUT2D eigenvalue weighted by Gasteiger charge is 2.39. The Bertz CT molecular complexity index is 573. The van der Waals surface area contributed by atoms with Crippen LogP contribution >= 0.6 is 0 Å². The van der Waals surface area contributed by atoms with Crippen molar-refractivity contribution < 1.29 is 19.7 Å². The first-order valence-corrected chi connectivity index (χ1v) is 5.63. The van der Waals surface area contributed by atoms with Crippen molar-refractivity contribution in [3.63, 3.8) is 0 Å². The van der Waals surface area contributed by atoms with Gasteiger partial charge >= 0.3 is 0 Å². The van der Waals surface area contributed by atoms with Crippen LogP contribution < -0.4 is 4.74 Å². The minimum Gasteiger partial charge on any atom is -0.507 e. The number of benzene rings is 1. The second-order valence-electron chi connectivity index (χ2n) is 4.61. The van der Waals surface area contributed by atoms with E-state index in [0.717, 1.165) is 6.07 Å². The van der Waals surface area contributed by atoms with Crippen LogP contribution in [0.2, 0.25) is 0 Å². The number of hydrogen-bond acceptors (Lipinski definition) is 5. The van der Waals surface area contributed by atoms with Gasteiger partial charge < -0.3 is 14.9 Å². The number of Topliss-reactive ketones (excluding diaryl/α,β-unsaturated/α-hetero) is 1. The van der Waals surface area contributed by atoms with Crippen molar-refractivity contribution in [3.05, 3.63) is 17.2 Å². The Morgan fingerprint density at radius 2 is 2.17 bits per heavy atom. The van der Waals surface area contributed by atoms with Crippen molar-refractivity contribution >= 4 is 5.78 Å². The van der Waals surface area contributed by atoms with Crippen LogP contribution in [0, 0.1) is 11.3 Å². The standard InChI is InChI=1S/C13H13NO4/c1-3-13(2)5-10(17)11-9(16)4-8(15)7(6-14)12(11)18-13/h4,15-16H,3,5H2,1-2H3. The van der Waals surface area contributed by atoms with Crippen LogP contribution in [0.1, 0.15) is 42.6 Å². The number of hydrogen-bond donors (Lipinski definition) is 2. The molecule has 1 aromatic rings. The van der Waals surface area contributed by atoms with Gasteiger partial charge in [0, 0.05) is 6.07 Å². The van der Waals surface area contributed by atoms with Crippen molar-refractivity contribution in [3.8, 4) is 23.3 Å². The number of nitriles is 1. The lowest BCUT2D eigenvalue weighted by Gasteiger charge is -2.34. The van der Waals surface area contributed by atoms with Gasteiger partial charge in [0.2, 0.25) is 0 Å². The van der Waals surface area contributed by atoms with Crippen LogP contribution in [0.5, 0.6) is 17.2 Å². The van der Waals surface area contributed by atoms with Crippen LogP contribution in [0.4, 0.5) is 0 Å². The van der Waals surface area contributed by atoms with Gasteiger partial charge in [-0.2, -0.15) is 5.26 Å². The van der Waals surface area contributed by atoms with E-state index in [1.807, 2.05) is 6.92 Å². The van der Waals surface area contributed by atoms with Crippen molar-refractivity contribution in [2.24, 2.45) is 0 Å². The van der Waals surface area contributed by atoms with Crippen molar-refractivity contribution in [2.45, 2.75) is 32.3 Å². The van der Waals surface area contributed by atoms with E-state index in [4.69, 9.17) is 10.00 Å². The second-order valence-corrected chi connectivity index (χ2v) is 4.61. The summed E-state index contributed by atoms with van der Waals surface area (Å²) in [4.78, 5) is 12.0. The van der Waals surface area contributed by atoms with Gasteiger partial charge in [0.1, 0.15) is 34.3 Å². The maximum absolute atomic E-state index is 12.0. The third kappa shape index (κ3) is 1.66. The molecule has 1 unspecified atom stereocenters. The Labute approximate surface area is 104 Å². The molecule has 5 nitrogen and oxygen atoms in total. The lowest BCUT2D eigenvalue weighted by Crippen LogP contribution is -2.38. The molecule has 0 bridgehead atoms. The molecule has 94 valence electrons. The summed E-state index contributed by atoms with van der Waals surface area (Å²) in [6, 6.07) is 2.79. The fourth-order valence-electron chi connectivity index (χ4n) is 2.02. The summed E-state index contributed by atoms with van der Waals surface area (Å²) in [6.45, 7) is 3.63. The Morgan fingerprint density at radius 1 is 1.50 bits per heavy atom. The van der Waals surface area contributed by atoms with Crippen LogP contribution in [0.15, 0.2) is 6.07 Å². The van der Waals surface area contributed by atoms with E-state index in [0.29, 0.717) is 6.42 Å². The molecule has 0 saturated carbocycles. The van der Waals surface area contributed by atoms with E-state index in [1.54, 1.807) is 13.0 Å². The zero-order valence-electron chi connectivity index (χ0n) is 10.1. The maximum atomic E-state index is 12.0. The third-order valence-electron chi connectivity index (χ3n) is 3.26. The molecule has 1 atom stereocenters. The Balaban J connectivity index is 2.72. The zero-order valence-corrected chi connectivity index (χ0v) is 10.1. The number of carbonyl (C=O) groups excluding carboxylic acids is 1. The topological polar surface area (TPSA) is 90.5 Å². The first kappa shape index (κ1) is 12.2. The second kappa shape index (κ2) is 3.91. The van der Waals surface area contributed by atoms with Gasteiger partial charge in [0.25, 0.3) is 0 Å². The monoisotopic (exact) mass is 247 g/mol. The van der Waals surface area contributed by atoms with Gasteiger partial charge in [-0.1, -0.05) is 6.92 Å². The van der Waals surface area contributed by atoms with E-state index >= 15 is 0 Å². The molecule has 0 fully saturated rings. The minimum absolute atomic E-state index is 0.0180. The van der Waals surface area contributed by atoms with E-state index < -0.39 is 5.60 Å². The van der Waals surface area contributed by atoms with E-state index in [9.17, 15) is 15.0 Å². The highest BCUT2D eigenvalue weighted by molar-refractivity contribution is 6.04. The number of nitrogens with zero attached hydrogens (tertiary/aromatic N) is 1. The van der Waals surface area contributed by atoms with Crippen molar-refractivity contribution in [1.82, 2.24) is 0 Å². The van der Waals surface area contributed by atoms with Gasteiger partial charge in [0.15, 0.2) is 11.5 Å². The molecule has 0 radical (unpaired) electrons. The number of ketones is 1. The Hall–Kier alpha value is -2.22. The van der Waals surface area contributed by atoms with E-state index in [1.165, 1.54) is 0 Å². The molecule has 1 aromatic carbocycles. The highest BCUT2D eigenvalue weighted by atomic mass is 16.5. The number of fused-ring (bicyclic) bond motifs is 1. The van der Waals surface area contributed by atoms with Crippen LogP contribution in [-0.2, 0) is 0 Å². The van der Waals surface area contributed by atoms with Gasteiger partial charge in [-0.15, -0.1) is 0 Å². The molecule has 0 spiro atoms. The lowest BCUT2D eigenvalue weighted by molar-refractivity contribution is 0.0490. The minimum atomic E-state index is -0.712. The molecule has 0 aromatic heterocycles. The molecule has 2 rings (SSSR count). The summed E-state index contributed by atoms with van der Waals surface area (Å²) in [6.07, 6.45) is 0.721. The average molecular weight is 247 g/mol. The third-order valence-corrected chi connectivity index (χ3v) is 3.26. The molecule has 18 heavy (non-hydrogen) atoms. The van der Waals surface area contributed by atoms with Crippen molar-refractivity contribution in [2.75, 3.05) is 0 Å². The van der Waals surface area contributed by atoms with E-state index in [-0.39, 0.29) is 40.6 Å². The number of aromatic hydroxyl groups is 2. The number of ether oxygens (including phenoxy) is 1. The molecule has 0 saturated heterocycles. The fraction of sp³-hybridized carbons (Fsp3) is 0.385. The molecule has 1 aliphatic heterocycles. The predicted molar refractivity (Wildman–Crippen MR) is 62.8 cm³/mol. The average Bonchev–Trinajstić information content (AvgIpc) is 2.28. The lowest BCUT2D eigenvalue weighted by atomic mass is 9.88. The molecule has 0 aliphatic carbocycles. The quantitative estimate of drug-likeness (QED) is 0.793. The van der Waals surface area contributed by atoms with Gasteiger partial charge in [-0.3, -0.25) is 4.79 Å². The van der Waals surface area contributed by atoms with Gasteiger partial charge in [-0.25, -0.2) is 0 Å². The van der Waals surface area contributed by atoms with Gasteiger partial charge in [-0.05, 0) is 13.3 Å². The summed E-state index contributed by atoms with van der Waals surface area (Å²) in [7, 11) is 0. The number of rotatable bonds is 1. The Kier molecular flexibility index (Phi) is 2.66. The van der Waals surface area contributed by atoms with Crippen molar-refractivity contribution in [1.29, 1.82) is 5.26 Å². The number of phenolic OH excluding ortho intramolecular Hbond substituents is 2. The summed E-state index contributed by atoms with van der Waals surface area (Å²) in [5.41, 5.74) is -0.846. The number of carbonyl (C=O) groups is 1. The van der Waals surface area contributed by atoms with Gasteiger partial charge in [0.05, 0.1) is 6.42 Å². The smallest absolute Gasteiger partial charge is 0.174 e. The molecule has 2 N–H and O–H groups in total. The fourth-order valence-corrected chi connectivity index (χ4v) is 2.02. The largest absolute Gasteiger partial charge is 0.507 e. The molecule has 5 heteroatoms. The molecule has 0 amide bonds. The zero-order chi connectivity index (χ0) is 13.5. The highest BCUT2D eigenvalue weighted by Crippen LogP contribution is 2.44. The van der Waals surface area contributed by atoms with E-state index in [2.05, 4.69) is 0 Å². The molecular formula is C13H13NO4. The summed E-state index contributed by atoms with van der Waals surface area (Å²) < 4.78 is 5.66. The summed E-state index contributed by atoms with van der Waals surface area (Å²) in [5.74, 6) is -1.04. The molecule has 1 aliphatic rings. The Morgan fingerprint density at radius 3 is 2.72 bits per heavy atom. The van der Waals surface area contributed by atoms with Crippen LogP contribution in [-0.4, -0.2) is 21.6 Å². The number of phenols is 2. The summed E-state index contributed by atoms with van der Waals surface area (Å²) >= 11 is 0. The predicted octanol–water partition coefficient (Wildman–Crippen LogP) is 2.10. The van der Waals surface area contributed by atoms with Crippen LogP contribution in [0.3, 0.4) is 0 Å². The first-order chi connectivity index (χ1) is 8.41. The molecule has 1 heterocycles. The molecular weight excluding hydrogens is 234 g/mol. The summed E-state index contributed by atoms with van der Waals surface area (Å²) in [5, 5.41) is 28.3. The normalized spacial score (nSPS) is 21.9. The maximum Gasteiger partial charge on any atom is 0.174 e. The van der Waals surface area contributed by atoms with Crippen LogP contribution in [0.25, 0.3) is 0 Å². The first-order valence-electron chi connectivity index (χ1n) is 5.63. The SMILES string of the molecule is CCC1(C)CC(=O)c2c(O)cc(O)c(C#N)c2O1.